The molecule has 0 saturated heterocycles. The molecule has 0 rings (SSSR count). The Morgan fingerprint density at radius 3 is 2.20 bits per heavy atom. The van der Waals surface area contributed by atoms with E-state index in [1.807, 2.05) is 12.2 Å². The molecule has 1 N–H and O–H groups in total. The Kier molecular flexibility index (Phi) is 4.32. The first-order chi connectivity index (χ1) is 4.56. The van der Waals surface area contributed by atoms with Crippen LogP contribution in [0.3, 0.4) is 0 Å². The first-order valence-electron chi connectivity index (χ1n) is 3.51. The molecule has 0 spiro atoms. The van der Waals surface area contributed by atoms with Crippen molar-refractivity contribution in [1.82, 2.24) is 0 Å². The third kappa shape index (κ3) is 7.66. The van der Waals surface area contributed by atoms with E-state index in [1.165, 1.54) is 0 Å². The molecule has 0 aliphatic rings. The summed E-state index contributed by atoms with van der Waals surface area (Å²) < 4.78 is 0. The maximum Gasteiger partial charge on any atom is 0.0686 e. The third-order valence-electron chi connectivity index (χ3n) is 0.949. The van der Waals surface area contributed by atoms with Crippen molar-refractivity contribution in [2.24, 2.45) is 0 Å². The Bertz CT molecular complexity index is 131. The second-order valence-corrected chi connectivity index (χ2v) is 8.40. The highest BCUT2D eigenvalue weighted by atomic mass is 28.3. The summed E-state index contributed by atoms with van der Waals surface area (Å²) in [6.45, 7) is 6.96. The lowest BCUT2D eigenvalue weighted by Crippen LogP contribution is -2.14. The Balaban J connectivity index is 3.66. The molecular formula is C8H16OSi. The van der Waals surface area contributed by atoms with Gasteiger partial charge in [0.25, 0.3) is 0 Å². The number of hydrogen-bond donors (Lipinski definition) is 1. The van der Waals surface area contributed by atoms with Gasteiger partial charge in [-0.05, 0) is 0 Å². The first kappa shape index (κ1) is 9.66. The van der Waals surface area contributed by atoms with E-state index in [4.69, 9.17) is 5.11 Å². The molecule has 0 aromatic heterocycles. The van der Waals surface area contributed by atoms with Crippen molar-refractivity contribution in [3.63, 3.8) is 0 Å². The van der Waals surface area contributed by atoms with Crippen LogP contribution in [-0.2, 0) is 0 Å². The molecule has 2 heteroatoms. The van der Waals surface area contributed by atoms with Gasteiger partial charge < -0.3 is 5.11 Å². The second kappa shape index (κ2) is 4.47. The second-order valence-electron chi connectivity index (χ2n) is 3.34. The van der Waals surface area contributed by atoms with Gasteiger partial charge in [-0.1, -0.05) is 43.6 Å². The molecule has 0 aliphatic carbocycles. The van der Waals surface area contributed by atoms with Crippen LogP contribution in [0.1, 0.15) is 0 Å². The molecular weight excluding hydrogens is 140 g/mol. The summed E-state index contributed by atoms with van der Waals surface area (Å²) in [5, 5.41) is 8.39. The number of allylic oxidation sites excluding steroid dienone is 2. The lowest BCUT2D eigenvalue weighted by Gasteiger charge is -2.06. The van der Waals surface area contributed by atoms with Gasteiger partial charge in [0.1, 0.15) is 0 Å². The van der Waals surface area contributed by atoms with Gasteiger partial charge in [-0.25, -0.2) is 0 Å². The maximum atomic E-state index is 8.39. The Hall–Kier alpha value is -0.343. The summed E-state index contributed by atoms with van der Waals surface area (Å²) >= 11 is 0. The van der Waals surface area contributed by atoms with E-state index in [9.17, 15) is 0 Å². The highest BCUT2D eigenvalue weighted by Gasteiger charge is 2.05. The predicted molar refractivity (Wildman–Crippen MR) is 48.7 cm³/mol. The monoisotopic (exact) mass is 156 g/mol. The van der Waals surface area contributed by atoms with Crippen LogP contribution < -0.4 is 0 Å². The zero-order valence-corrected chi connectivity index (χ0v) is 7.96. The van der Waals surface area contributed by atoms with Gasteiger partial charge in [0.15, 0.2) is 0 Å². The molecule has 0 radical (unpaired) electrons. The summed E-state index contributed by atoms with van der Waals surface area (Å²) in [6, 6.07) is 0. The predicted octanol–water partition coefficient (Wildman–Crippen LogP) is 1.97. The Morgan fingerprint density at radius 1 is 1.20 bits per heavy atom. The van der Waals surface area contributed by atoms with Gasteiger partial charge in [0.05, 0.1) is 14.7 Å². The highest BCUT2D eigenvalue weighted by Crippen LogP contribution is 2.01. The summed E-state index contributed by atoms with van der Waals surface area (Å²) in [6.07, 6.45) is 5.64. The number of hydrogen-bond acceptors (Lipinski definition) is 1. The van der Waals surface area contributed by atoms with Gasteiger partial charge >= 0.3 is 0 Å². The number of aliphatic hydroxyl groups is 1. The normalized spacial score (nSPS) is 13.6. The van der Waals surface area contributed by atoms with Crippen LogP contribution in [0.4, 0.5) is 0 Å². The average molecular weight is 156 g/mol. The molecule has 0 aromatic carbocycles. The van der Waals surface area contributed by atoms with E-state index < -0.39 is 8.07 Å². The summed E-state index contributed by atoms with van der Waals surface area (Å²) in [4.78, 5) is 0. The van der Waals surface area contributed by atoms with Crippen LogP contribution >= 0.6 is 0 Å². The van der Waals surface area contributed by atoms with Crippen LogP contribution in [0.5, 0.6) is 0 Å². The highest BCUT2D eigenvalue weighted by molar-refractivity contribution is 6.80. The van der Waals surface area contributed by atoms with Gasteiger partial charge in [-0.2, -0.15) is 0 Å². The molecule has 0 heterocycles. The van der Waals surface area contributed by atoms with Crippen LogP contribution in [0.25, 0.3) is 0 Å². The fourth-order valence-electron chi connectivity index (χ4n) is 0.484. The molecule has 0 aliphatic heterocycles. The minimum absolute atomic E-state index is 0.135. The van der Waals surface area contributed by atoms with Crippen LogP contribution in [-0.4, -0.2) is 19.8 Å². The summed E-state index contributed by atoms with van der Waals surface area (Å²) in [7, 11) is -1.02. The summed E-state index contributed by atoms with van der Waals surface area (Å²) in [5.74, 6) is 0. The standard InChI is InChI=1S/C8H16OSi/c1-10(2,3)8-6-4-5-7-9/h4-6,8-9H,7H2,1-3H3/b5-4+,8-6+. The molecule has 0 fully saturated rings. The minimum atomic E-state index is -1.02. The number of rotatable bonds is 3. The van der Waals surface area contributed by atoms with Crippen molar-refractivity contribution in [2.45, 2.75) is 19.6 Å². The van der Waals surface area contributed by atoms with Crippen molar-refractivity contribution in [1.29, 1.82) is 0 Å². The summed E-state index contributed by atoms with van der Waals surface area (Å²) in [5.41, 5.74) is 2.24. The van der Waals surface area contributed by atoms with E-state index in [0.29, 0.717) is 0 Å². The Morgan fingerprint density at radius 2 is 1.80 bits per heavy atom. The number of aliphatic hydroxyl groups excluding tert-OH is 1. The first-order valence-corrected chi connectivity index (χ1v) is 7.09. The minimum Gasteiger partial charge on any atom is -0.392 e. The van der Waals surface area contributed by atoms with E-state index in [2.05, 4.69) is 25.3 Å². The molecule has 0 amide bonds. The van der Waals surface area contributed by atoms with Gasteiger partial charge in [0.2, 0.25) is 0 Å². The van der Waals surface area contributed by atoms with Crippen molar-refractivity contribution in [3.05, 3.63) is 23.9 Å². The zero-order chi connectivity index (χ0) is 8.04. The molecule has 0 unspecified atom stereocenters. The SMILES string of the molecule is C[Si](C)(C)/C=C/C=C/CO. The van der Waals surface area contributed by atoms with Crippen LogP contribution in [0.15, 0.2) is 23.9 Å². The largest absolute Gasteiger partial charge is 0.392 e. The van der Waals surface area contributed by atoms with Gasteiger partial charge in [-0.15, -0.1) is 0 Å². The molecule has 10 heavy (non-hydrogen) atoms. The quantitative estimate of drug-likeness (QED) is 0.489. The van der Waals surface area contributed by atoms with E-state index in [-0.39, 0.29) is 6.61 Å². The molecule has 1 nitrogen and oxygen atoms in total. The lowest BCUT2D eigenvalue weighted by molar-refractivity contribution is 0.343. The maximum absolute atomic E-state index is 8.39. The van der Waals surface area contributed by atoms with Crippen molar-refractivity contribution in [3.8, 4) is 0 Å². The molecule has 0 saturated carbocycles. The topological polar surface area (TPSA) is 20.2 Å². The lowest BCUT2D eigenvalue weighted by atomic mass is 10.5. The molecule has 58 valence electrons. The van der Waals surface area contributed by atoms with Crippen LogP contribution in [0.2, 0.25) is 19.6 Å². The van der Waals surface area contributed by atoms with Gasteiger partial charge in [-0.3, -0.25) is 0 Å². The average Bonchev–Trinajstić information content (AvgIpc) is 1.78. The Labute approximate surface area is 64.1 Å². The molecule has 0 bridgehead atoms. The van der Waals surface area contributed by atoms with Gasteiger partial charge in [0, 0.05) is 0 Å². The van der Waals surface area contributed by atoms with Crippen molar-refractivity contribution >= 4 is 8.07 Å². The van der Waals surface area contributed by atoms with Crippen molar-refractivity contribution < 1.29 is 5.11 Å². The van der Waals surface area contributed by atoms with E-state index in [0.717, 1.165) is 0 Å². The van der Waals surface area contributed by atoms with E-state index >= 15 is 0 Å². The van der Waals surface area contributed by atoms with Crippen molar-refractivity contribution in [2.75, 3.05) is 6.61 Å². The fourth-order valence-corrected chi connectivity index (χ4v) is 1.17. The third-order valence-corrected chi connectivity index (χ3v) is 2.14. The zero-order valence-electron chi connectivity index (χ0n) is 6.96. The van der Waals surface area contributed by atoms with E-state index in [1.54, 1.807) is 6.08 Å². The molecule has 0 atom stereocenters. The fraction of sp³-hybridized carbons (Fsp3) is 0.500. The smallest absolute Gasteiger partial charge is 0.0686 e. The molecule has 0 aromatic rings. The van der Waals surface area contributed by atoms with Crippen LogP contribution in [0, 0.1) is 0 Å².